The Labute approximate surface area is 168 Å². The minimum Gasteiger partial charge on any atom is -0.486 e. The maximum absolute atomic E-state index is 12.7. The predicted octanol–water partition coefficient (Wildman–Crippen LogP) is 3.47. The Bertz CT molecular complexity index is 644. The Morgan fingerprint density at radius 3 is 2.52 bits per heavy atom. The minimum absolute atomic E-state index is 0. The van der Waals surface area contributed by atoms with Crippen LogP contribution >= 0.6 is 12.4 Å². The maximum atomic E-state index is 12.7. The highest BCUT2D eigenvalue weighted by atomic mass is 35.5. The number of carbonyl (C=O) groups excluding carboxylic acids is 1. The van der Waals surface area contributed by atoms with E-state index in [0.717, 1.165) is 30.2 Å². The first-order chi connectivity index (χ1) is 12.7. The van der Waals surface area contributed by atoms with E-state index in [1.54, 1.807) is 0 Å². The molecule has 0 bridgehead atoms. The van der Waals surface area contributed by atoms with Crippen LogP contribution in [-0.2, 0) is 4.79 Å². The van der Waals surface area contributed by atoms with Gasteiger partial charge in [-0.15, -0.1) is 12.4 Å². The Kier molecular flexibility index (Phi) is 6.88. The number of ether oxygens (including phenoxy) is 2. The molecular weight excluding hydrogens is 364 g/mol. The molecule has 2 atom stereocenters. The largest absolute Gasteiger partial charge is 0.486 e. The molecule has 1 saturated carbocycles. The molecule has 2 heterocycles. The molecule has 1 amide bonds. The Morgan fingerprint density at radius 1 is 1.11 bits per heavy atom. The van der Waals surface area contributed by atoms with Crippen LogP contribution in [0.15, 0.2) is 18.2 Å². The van der Waals surface area contributed by atoms with E-state index < -0.39 is 0 Å². The smallest absolute Gasteiger partial charge is 0.220 e. The molecule has 2 fully saturated rings. The zero-order valence-electron chi connectivity index (χ0n) is 16.0. The molecule has 150 valence electrons. The summed E-state index contributed by atoms with van der Waals surface area (Å²) < 4.78 is 11.3. The van der Waals surface area contributed by atoms with Gasteiger partial charge in [0, 0.05) is 6.42 Å². The van der Waals surface area contributed by atoms with Crippen LogP contribution < -0.4 is 20.1 Å². The number of carbonyl (C=O) groups is 1. The molecule has 6 heteroatoms. The van der Waals surface area contributed by atoms with Crippen molar-refractivity contribution >= 4 is 18.3 Å². The average molecular weight is 395 g/mol. The number of hydrogen-bond donors (Lipinski definition) is 2. The molecule has 1 saturated heterocycles. The standard InChI is InChI=1S/C21H30N2O3.ClH/c1-14(15-6-8-22-9-7-15)12-20(24)23-21(16-2-3-16)17-4-5-18-19(13-17)26-11-10-25-18;/h4-5,13-16,21-22H,2-3,6-12H2,1H3,(H,23,24);1H. The number of nitrogens with one attached hydrogen (secondary N) is 2. The molecule has 0 spiro atoms. The third kappa shape index (κ3) is 5.08. The Hall–Kier alpha value is -1.46. The molecule has 2 N–H and O–H groups in total. The molecule has 2 unspecified atom stereocenters. The number of piperidine rings is 1. The third-order valence-electron chi connectivity index (χ3n) is 6.03. The molecule has 3 aliphatic rings. The van der Waals surface area contributed by atoms with Crippen molar-refractivity contribution in [3.05, 3.63) is 23.8 Å². The predicted molar refractivity (Wildman–Crippen MR) is 108 cm³/mol. The summed E-state index contributed by atoms with van der Waals surface area (Å²) in [7, 11) is 0. The lowest BCUT2D eigenvalue weighted by Gasteiger charge is -2.29. The van der Waals surface area contributed by atoms with E-state index in [0.29, 0.717) is 37.4 Å². The zero-order valence-corrected chi connectivity index (χ0v) is 16.9. The van der Waals surface area contributed by atoms with E-state index in [2.05, 4.69) is 23.6 Å². The summed E-state index contributed by atoms with van der Waals surface area (Å²) in [5.74, 6) is 3.45. The lowest BCUT2D eigenvalue weighted by molar-refractivity contribution is -0.123. The summed E-state index contributed by atoms with van der Waals surface area (Å²) in [5, 5.41) is 6.72. The molecule has 1 aliphatic carbocycles. The van der Waals surface area contributed by atoms with Crippen LogP contribution in [0.3, 0.4) is 0 Å². The van der Waals surface area contributed by atoms with Crippen molar-refractivity contribution in [1.29, 1.82) is 0 Å². The van der Waals surface area contributed by atoms with E-state index in [9.17, 15) is 4.79 Å². The van der Waals surface area contributed by atoms with Crippen molar-refractivity contribution in [2.75, 3.05) is 26.3 Å². The van der Waals surface area contributed by atoms with Gasteiger partial charge in [0.2, 0.25) is 5.91 Å². The van der Waals surface area contributed by atoms with Crippen molar-refractivity contribution in [2.45, 2.75) is 45.1 Å². The lowest BCUT2D eigenvalue weighted by atomic mass is 9.84. The molecule has 27 heavy (non-hydrogen) atoms. The molecule has 4 rings (SSSR count). The van der Waals surface area contributed by atoms with Gasteiger partial charge in [0.05, 0.1) is 6.04 Å². The quantitative estimate of drug-likeness (QED) is 0.775. The summed E-state index contributed by atoms with van der Waals surface area (Å²) in [6.07, 6.45) is 5.36. The molecule has 1 aromatic rings. The van der Waals surface area contributed by atoms with Crippen molar-refractivity contribution in [1.82, 2.24) is 10.6 Å². The van der Waals surface area contributed by atoms with Gasteiger partial charge < -0.3 is 20.1 Å². The van der Waals surface area contributed by atoms with Crippen molar-refractivity contribution < 1.29 is 14.3 Å². The first-order valence-corrected chi connectivity index (χ1v) is 10.1. The molecule has 2 aliphatic heterocycles. The van der Waals surface area contributed by atoms with E-state index >= 15 is 0 Å². The summed E-state index contributed by atoms with van der Waals surface area (Å²) in [6.45, 7) is 5.58. The zero-order chi connectivity index (χ0) is 17.9. The normalized spacial score (nSPS) is 21.7. The van der Waals surface area contributed by atoms with Crippen LogP contribution in [0, 0.1) is 17.8 Å². The molecule has 5 nitrogen and oxygen atoms in total. The summed E-state index contributed by atoms with van der Waals surface area (Å²) in [5.41, 5.74) is 1.14. The van der Waals surface area contributed by atoms with E-state index in [1.807, 2.05) is 12.1 Å². The van der Waals surface area contributed by atoms with Gasteiger partial charge in [0.25, 0.3) is 0 Å². The van der Waals surface area contributed by atoms with Crippen LogP contribution in [0.5, 0.6) is 11.5 Å². The highest BCUT2D eigenvalue weighted by Gasteiger charge is 2.34. The lowest BCUT2D eigenvalue weighted by Crippen LogP contribution is -2.35. The summed E-state index contributed by atoms with van der Waals surface area (Å²) >= 11 is 0. The van der Waals surface area contributed by atoms with Gasteiger partial charge in [-0.05, 0) is 74.2 Å². The fourth-order valence-corrected chi connectivity index (χ4v) is 4.26. The Balaban J connectivity index is 0.00000210. The van der Waals surface area contributed by atoms with E-state index in [1.165, 1.54) is 25.7 Å². The van der Waals surface area contributed by atoms with Crippen LogP contribution in [0.1, 0.15) is 50.6 Å². The molecule has 0 radical (unpaired) electrons. The highest BCUT2D eigenvalue weighted by Crippen LogP contribution is 2.43. The highest BCUT2D eigenvalue weighted by molar-refractivity contribution is 5.85. The second-order valence-corrected chi connectivity index (χ2v) is 8.05. The van der Waals surface area contributed by atoms with Gasteiger partial charge in [0.15, 0.2) is 11.5 Å². The number of rotatable bonds is 6. The molecule has 1 aromatic carbocycles. The number of fused-ring (bicyclic) bond motifs is 1. The summed E-state index contributed by atoms with van der Waals surface area (Å²) in [6, 6.07) is 6.20. The second-order valence-electron chi connectivity index (χ2n) is 8.05. The number of halogens is 1. The fraction of sp³-hybridized carbons (Fsp3) is 0.667. The number of benzene rings is 1. The molecule has 0 aromatic heterocycles. The first-order valence-electron chi connectivity index (χ1n) is 10.1. The van der Waals surface area contributed by atoms with Gasteiger partial charge >= 0.3 is 0 Å². The maximum Gasteiger partial charge on any atom is 0.220 e. The van der Waals surface area contributed by atoms with Gasteiger partial charge in [-0.3, -0.25) is 4.79 Å². The van der Waals surface area contributed by atoms with Gasteiger partial charge in [-0.25, -0.2) is 0 Å². The van der Waals surface area contributed by atoms with Crippen LogP contribution in [-0.4, -0.2) is 32.2 Å². The van der Waals surface area contributed by atoms with Crippen LogP contribution in [0.25, 0.3) is 0 Å². The number of amides is 1. The fourth-order valence-electron chi connectivity index (χ4n) is 4.26. The number of hydrogen-bond acceptors (Lipinski definition) is 4. The SMILES string of the molecule is CC(CC(=O)NC(c1ccc2c(c1)OCCO2)C1CC1)C1CCNCC1.Cl. The van der Waals surface area contributed by atoms with Crippen molar-refractivity contribution in [3.8, 4) is 11.5 Å². The van der Waals surface area contributed by atoms with Gasteiger partial charge in [-0.2, -0.15) is 0 Å². The van der Waals surface area contributed by atoms with Gasteiger partial charge in [-0.1, -0.05) is 13.0 Å². The second kappa shape index (κ2) is 9.16. The van der Waals surface area contributed by atoms with Gasteiger partial charge in [0.1, 0.15) is 13.2 Å². The van der Waals surface area contributed by atoms with E-state index in [-0.39, 0.29) is 24.4 Å². The molecular formula is C21H31ClN2O3. The van der Waals surface area contributed by atoms with Crippen LogP contribution in [0.2, 0.25) is 0 Å². The minimum atomic E-state index is 0. The van der Waals surface area contributed by atoms with Crippen molar-refractivity contribution in [2.24, 2.45) is 17.8 Å². The average Bonchev–Trinajstić information content (AvgIpc) is 3.51. The summed E-state index contributed by atoms with van der Waals surface area (Å²) in [4.78, 5) is 12.7. The van der Waals surface area contributed by atoms with Crippen LogP contribution in [0.4, 0.5) is 0 Å². The monoisotopic (exact) mass is 394 g/mol. The Morgan fingerprint density at radius 2 is 1.81 bits per heavy atom. The van der Waals surface area contributed by atoms with Crippen molar-refractivity contribution in [3.63, 3.8) is 0 Å². The van der Waals surface area contributed by atoms with E-state index in [4.69, 9.17) is 9.47 Å². The third-order valence-corrected chi connectivity index (χ3v) is 6.03. The first kappa shape index (κ1) is 20.3. The topological polar surface area (TPSA) is 59.6 Å².